The van der Waals surface area contributed by atoms with Gasteiger partial charge in [-0.05, 0) is 53.7 Å². The average molecular weight is 407 g/mol. The van der Waals surface area contributed by atoms with E-state index in [0.29, 0.717) is 6.54 Å². The second kappa shape index (κ2) is 10.8. The number of rotatable bonds is 10. The Morgan fingerprint density at radius 3 is 2.60 bits per heavy atom. The van der Waals surface area contributed by atoms with Crippen molar-refractivity contribution in [3.8, 4) is 16.9 Å². The molecule has 4 heteroatoms. The van der Waals surface area contributed by atoms with Crippen LogP contribution in [0.25, 0.3) is 11.1 Å². The molecule has 30 heavy (non-hydrogen) atoms. The maximum Gasteiger partial charge on any atom is 0.269 e. The van der Waals surface area contributed by atoms with E-state index in [-0.39, 0.29) is 16.9 Å². The minimum atomic E-state index is -0.406. The van der Waals surface area contributed by atoms with E-state index in [9.17, 15) is 9.90 Å². The zero-order chi connectivity index (χ0) is 22.1. The lowest BCUT2D eigenvalue weighted by molar-refractivity contribution is -0.114. The lowest BCUT2D eigenvalue weighted by Crippen LogP contribution is -2.28. The van der Waals surface area contributed by atoms with E-state index in [0.717, 1.165) is 28.7 Å². The molecule has 4 nitrogen and oxygen atoms in total. The number of nitrogens with one attached hydrogen (secondary N) is 2. The van der Waals surface area contributed by atoms with E-state index < -0.39 is 5.91 Å². The largest absolute Gasteiger partial charge is 0.507 e. The summed E-state index contributed by atoms with van der Waals surface area (Å²) >= 11 is 0. The normalized spacial score (nSPS) is 11.6. The second-order valence-electron chi connectivity index (χ2n) is 8.37. The van der Waals surface area contributed by atoms with Crippen molar-refractivity contribution in [1.82, 2.24) is 5.32 Å². The van der Waals surface area contributed by atoms with Gasteiger partial charge in [0.1, 0.15) is 11.5 Å². The number of phenolic OH excluding ortho intramolecular Hbond substituents is 1. The summed E-state index contributed by atoms with van der Waals surface area (Å²) in [7, 11) is 0. The van der Waals surface area contributed by atoms with Crippen LogP contribution in [0.15, 0.2) is 54.6 Å². The molecule has 0 spiro atoms. The van der Waals surface area contributed by atoms with Crippen molar-refractivity contribution in [2.75, 3.05) is 0 Å². The first kappa shape index (κ1) is 23.4. The minimum Gasteiger partial charge on any atom is -0.507 e. The number of carbonyl (C=O) groups excluding carboxylic acids is 1. The number of hydrogen-bond donors (Lipinski definition) is 3. The highest BCUT2D eigenvalue weighted by atomic mass is 16.3. The van der Waals surface area contributed by atoms with Crippen LogP contribution in [0, 0.1) is 5.41 Å². The third-order valence-electron chi connectivity index (χ3n) is 5.45. The number of unbranched alkanes of at least 4 members (excludes halogenated alkanes) is 2. The summed E-state index contributed by atoms with van der Waals surface area (Å²) in [5, 5.41) is 21.1. The molecule has 0 heterocycles. The number of amides is 1. The summed E-state index contributed by atoms with van der Waals surface area (Å²) in [4.78, 5) is 11.9. The molecule has 0 aliphatic rings. The smallest absolute Gasteiger partial charge is 0.269 e. The van der Waals surface area contributed by atoms with Gasteiger partial charge in [0.15, 0.2) is 0 Å². The van der Waals surface area contributed by atoms with Crippen LogP contribution < -0.4 is 5.32 Å². The molecule has 2 aromatic rings. The first-order chi connectivity index (χ1) is 14.3. The van der Waals surface area contributed by atoms with Crippen LogP contribution in [0.5, 0.6) is 5.75 Å². The van der Waals surface area contributed by atoms with E-state index in [1.807, 2.05) is 36.4 Å². The predicted octanol–water partition coefficient (Wildman–Crippen LogP) is 6.13. The SMILES string of the molecule is C/C=C/C(=N)C(=O)NCc1cccc(-c2ccc(C(C)(C)CCCCC)cc2O)c1. The molecule has 0 aliphatic heterocycles. The van der Waals surface area contributed by atoms with Crippen LogP contribution in [0.1, 0.15) is 64.5 Å². The minimum absolute atomic E-state index is 0.0225. The van der Waals surface area contributed by atoms with Gasteiger partial charge in [0.25, 0.3) is 5.91 Å². The molecule has 2 aromatic carbocycles. The van der Waals surface area contributed by atoms with Crippen molar-refractivity contribution < 1.29 is 9.90 Å². The Morgan fingerprint density at radius 1 is 1.17 bits per heavy atom. The third kappa shape index (κ3) is 6.31. The van der Waals surface area contributed by atoms with Gasteiger partial charge in [-0.15, -0.1) is 0 Å². The highest BCUT2D eigenvalue weighted by molar-refractivity contribution is 6.41. The van der Waals surface area contributed by atoms with Gasteiger partial charge in [0.05, 0.1) is 0 Å². The fraction of sp³-hybridized carbons (Fsp3) is 0.385. The van der Waals surface area contributed by atoms with Crippen molar-refractivity contribution in [2.24, 2.45) is 0 Å². The molecule has 0 bridgehead atoms. The zero-order valence-corrected chi connectivity index (χ0v) is 18.6. The van der Waals surface area contributed by atoms with Gasteiger partial charge in [-0.25, -0.2) is 0 Å². The maximum absolute atomic E-state index is 11.9. The number of allylic oxidation sites excluding steroid dienone is 1. The van der Waals surface area contributed by atoms with Gasteiger partial charge in [-0.2, -0.15) is 0 Å². The van der Waals surface area contributed by atoms with Gasteiger partial charge in [0.2, 0.25) is 0 Å². The van der Waals surface area contributed by atoms with Crippen molar-refractivity contribution in [3.05, 3.63) is 65.7 Å². The molecule has 1 amide bonds. The number of carbonyl (C=O) groups is 1. The molecule has 0 aromatic heterocycles. The molecular weight excluding hydrogens is 372 g/mol. The van der Waals surface area contributed by atoms with Crippen LogP contribution in [0.2, 0.25) is 0 Å². The highest BCUT2D eigenvalue weighted by Crippen LogP contribution is 2.36. The first-order valence-corrected chi connectivity index (χ1v) is 10.7. The fourth-order valence-corrected chi connectivity index (χ4v) is 3.53. The first-order valence-electron chi connectivity index (χ1n) is 10.7. The Labute approximate surface area is 180 Å². The molecule has 3 N–H and O–H groups in total. The van der Waals surface area contributed by atoms with Gasteiger partial charge in [-0.1, -0.05) is 76.4 Å². The fourth-order valence-electron chi connectivity index (χ4n) is 3.53. The van der Waals surface area contributed by atoms with Gasteiger partial charge in [0, 0.05) is 12.1 Å². The van der Waals surface area contributed by atoms with E-state index in [1.54, 1.807) is 13.0 Å². The van der Waals surface area contributed by atoms with Crippen molar-refractivity contribution >= 4 is 11.6 Å². The zero-order valence-electron chi connectivity index (χ0n) is 18.6. The summed E-state index contributed by atoms with van der Waals surface area (Å²) in [5.74, 6) is -0.136. The number of aromatic hydroxyl groups is 1. The van der Waals surface area contributed by atoms with Crippen LogP contribution in [-0.4, -0.2) is 16.7 Å². The Kier molecular flexibility index (Phi) is 8.40. The molecule has 0 fully saturated rings. The molecule has 0 radical (unpaired) electrons. The molecule has 0 saturated carbocycles. The molecular formula is C26H34N2O2. The van der Waals surface area contributed by atoms with E-state index >= 15 is 0 Å². The van der Waals surface area contributed by atoms with E-state index in [2.05, 4.69) is 32.2 Å². The summed E-state index contributed by atoms with van der Waals surface area (Å²) in [6.45, 7) is 8.77. The number of hydrogen-bond acceptors (Lipinski definition) is 3. The molecule has 0 aliphatic carbocycles. The van der Waals surface area contributed by atoms with Crippen molar-refractivity contribution in [1.29, 1.82) is 5.41 Å². The standard InChI is InChI=1S/C26H34N2O2/c1-5-7-8-15-26(3,4)21-13-14-22(24(29)17-21)20-12-9-11-19(16-20)18-28-25(30)23(27)10-6-2/h6,9-14,16-17,27,29H,5,7-8,15,18H2,1-4H3,(H,28,30)/b10-6+,27-23?. The van der Waals surface area contributed by atoms with Gasteiger partial charge >= 0.3 is 0 Å². The molecule has 2 rings (SSSR count). The molecule has 0 atom stereocenters. The summed E-state index contributed by atoms with van der Waals surface area (Å²) < 4.78 is 0. The second-order valence-corrected chi connectivity index (χ2v) is 8.37. The van der Waals surface area contributed by atoms with Gasteiger partial charge in [-0.3, -0.25) is 10.2 Å². The average Bonchev–Trinajstić information content (AvgIpc) is 2.72. The number of benzene rings is 2. The van der Waals surface area contributed by atoms with Gasteiger partial charge < -0.3 is 10.4 Å². The highest BCUT2D eigenvalue weighted by Gasteiger charge is 2.21. The Balaban J connectivity index is 2.15. The van der Waals surface area contributed by atoms with Crippen LogP contribution in [-0.2, 0) is 16.8 Å². The quantitative estimate of drug-likeness (QED) is 0.328. The molecule has 0 saturated heterocycles. The van der Waals surface area contributed by atoms with Crippen LogP contribution in [0.4, 0.5) is 0 Å². The summed E-state index contributed by atoms with van der Waals surface area (Å²) in [6.07, 6.45) is 7.84. The van der Waals surface area contributed by atoms with E-state index in [4.69, 9.17) is 5.41 Å². The molecule has 0 unspecified atom stereocenters. The summed E-state index contributed by atoms with van der Waals surface area (Å²) in [6, 6.07) is 13.7. The molecule has 160 valence electrons. The van der Waals surface area contributed by atoms with Crippen LogP contribution in [0.3, 0.4) is 0 Å². The number of phenols is 1. The Bertz CT molecular complexity index is 913. The van der Waals surface area contributed by atoms with Crippen LogP contribution >= 0.6 is 0 Å². The summed E-state index contributed by atoms with van der Waals surface area (Å²) in [5.41, 5.74) is 3.69. The lowest BCUT2D eigenvalue weighted by atomic mass is 9.79. The predicted molar refractivity (Wildman–Crippen MR) is 125 cm³/mol. The van der Waals surface area contributed by atoms with Crippen molar-refractivity contribution in [2.45, 2.75) is 65.3 Å². The lowest BCUT2D eigenvalue weighted by Gasteiger charge is -2.26. The van der Waals surface area contributed by atoms with E-state index in [1.165, 1.54) is 25.3 Å². The topological polar surface area (TPSA) is 73.2 Å². The Hall–Kier alpha value is -2.88. The third-order valence-corrected chi connectivity index (χ3v) is 5.45. The monoisotopic (exact) mass is 406 g/mol. The maximum atomic E-state index is 11.9. The van der Waals surface area contributed by atoms with Crippen molar-refractivity contribution in [3.63, 3.8) is 0 Å². The Morgan fingerprint density at radius 2 is 1.93 bits per heavy atom.